The zero-order valence-corrected chi connectivity index (χ0v) is 18.4. The molecule has 0 unspecified atom stereocenters. The molecule has 0 atom stereocenters. The summed E-state index contributed by atoms with van der Waals surface area (Å²) in [6.07, 6.45) is 4.17. The second-order valence-corrected chi connectivity index (χ2v) is 7.24. The monoisotopic (exact) mass is 430 g/mol. The number of aromatic nitrogens is 2. The quantitative estimate of drug-likeness (QED) is 0.263. The van der Waals surface area contributed by atoms with Gasteiger partial charge < -0.3 is 31.6 Å². The van der Waals surface area contributed by atoms with Crippen LogP contribution in [-0.2, 0) is 22.5 Å². The van der Waals surface area contributed by atoms with Gasteiger partial charge in [-0.3, -0.25) is 4.79 Å². The van der Waals surface area contributed by atoms with Crippen molar-refractivity contribution in [3.05, 3.63) is 35.4 Å². The summed E-state index contributed by atoms with van der Waals surface area (Å²) >= 11 is 0. The van der Waals surface area contributed by atoms with Gasteiger partial charge in [-0.05, 0) is 36.9 Å². The van der Waals surface area contributed by atoms with Crippen molar-refractivity contribution >= 4 is 23.3 Å². The molecule has 0 radical (unpaired) electrons. The highest BCUT2D eigenvalue weighted by Gasteiger charge is 2.10. The third-order valence-corrected chi connectivity index (χ3v) is 4.65. The van der Waals surface area contributed by atoms with E-state index < -0.39 is 0 Å². The summed E-state index contributed by atoms with van der Waals surface area (Å²) in [7, 11) is 1.40. The van der Waals surface area contributed by atoms with Crippen LogP contribution in [-0.4, -0.2) is 42.7 Å². The number of nitrogens with two attached hydrogens (primary N) is 2. The molecule has 31 heavy (non-hydrogen) atoms. The fraction of sp³-hybridized carbons (Fsp3) is 0.500. The van der Waals surface area contributed by atoms with Gasteiger partial charge in [-0.15, -0.1) is 0 Å². The molecule has 0 aliphatic rings. The minimum Gasteiger partial charge on any atom is -0.469 e. The summed E-state index contributed by atoms with van der Waals surface area (Å²) in [4.78, 5) is 19.8. The Labute approximate surface area is 183 Å². The number of benzene rings is 1. The number of anilines is 3. The van der Waals surface area contributed by atoms with E-state index in [1.54, 1.807) is 0 Å². The van der Waals surface area contributed by atoms with Gasteiger partial charge in [-0.2, -0.15) is 9.97 Å². The van der Waals surface area contributed by atoms with E-state index >= 15 is 0 Å². The van der Waals surface area contributed by atoms with E-state index in [0.29, 0.717) is 24.7 Å². The lowest BCUT2D eigenvalue weighted by Crippen LogP contribution is -2.16. The number of carbonyl (C=O) groups excluding carboxylic acids is 1. The predicted octanol–water partition coefficient (Wildman–Crippen LogP) is 2.52. The molecule has 0 saturated carbocycles. The fourth-order valence-electron chi connectivity index (χ4n) is 2.88. The molecule has 6 N–H and O–H groups in total. The molecule has 0 fully saturated rings. The molecule has 0 aliphatic carbocycles. The van der Waals surface area contributed by atoms with Crippen LogP contribution in [0.5, 0.6) is 6.01 Å². The van der Waals surface area contributed by atoms with E-state index in [2.05, 4.69) is 27.5 Å². The highest BCUT2D eigenvalue weighted by atomic mass is 16.5. The average molecular weight is 431 g/mol. The summed E-state index contributed by atoms with van der Waals surface area (Å²) in [6, 6.07) is 8.19. The largest absolute Gasteiger partial charge is 0.469 e. The van der Waals surface area contributed by atoms with Crippen molar-refractivity contribution in [1.82, 2.24) is 15.3 Å². The highest BCUT2D eigenvalue weighted by Crippen LogP contribution is 2.24. The lowest BCUT2D eigenvalue weighted by atomic mass is 10.1. The third kappa shape index (κ3) is 8.67. The number of nitrogens with zero attached hydrogens (tertiary/aromatic N) is 2. The summed E-state index contributed by atoms with van der Waals surface area (Å²) in [5.41, 5.74) is 14.3. The maximum absolute atomic E-state index is 11.4. The van der Waals surface area contributed by atoms with Gasteiger partial charge in [0.1, 0.15) is 5.69 Å². The van der Waals surface area contributed by atoms with Crippen molar-refractivity contribution in [2.45, 2.75) is 45.6 Å². The Morgan fingerprint density at radius 3 is 2.65 bits per heavy atom. The zero-order valence-electron chi connectivity index (χ0n) is 18.4. The molecule has 1 heterocycles. The number of esters is 1. The molecule has 1 aromatic heterocycles. The minimum atomic E-state index is -0.233. The standard InChI is InChI=1S/C22H34N6O3/c1-3-4-12-31-22-27-20(24)19(23)21(28-22)26-11-6-5-10-25-15-17-9-7-8-16(13-17)14-18(29)30-2/h7-9,13,25H,3-6,10-12,14-15,23H2,1-2H3,(H3,24,26,27,28). The molecule has 2 rings (SSSR count). The predicted molar refractivity (Wildman–Crippen MR) is 123 cm³/mol. The van der Waals surface area contributed by atoms with Crippen LogP contribution in [0.3, 0.4) is 0 Å². The molecular formula is C22H34N6O3. The lowest BCUT2D eigenvalue weighted by molar-refractivity contribution is -0.139. The van der Waals surface area contributed by atoms with Gasteiger partial charge in [0.2, 0.25) is 0 Å². The maximum Gasteiger partial charge on any atom is 0.320 e. The Balaban J connectivity index is 1.68. The molecular weight excluding hydrogens is 396 g/mol. The van der Waals surface area contributed by atoms with Crippen LogP contribution < -0.4 is 26.8 Å². The third-order valence-electron chi connectivity index (χ3n) is 4.65. The second-order valence-electron chi connectivity index (χ2n) is 7.24. The van der Waals surface area contributed by atoms with Gasteiger partial charge in [0.25, 0.3) is 0 Å². The molecule has 0 aliphatic heterocycles. The number of methoxy groups -OCH3 is 1. The van der Waals surface area contributed by atoms with E-state index in [1.165, 1.54) is 7.11 Å². The Morgan fingerprint density at radius 1 is 1.10 bits per heavy atom. The van der Waals surface area contributed by atoms with Gasteiger partial charge in [0.05, 0.1) is 20.1 Å². The first-order valence-corrected chi connectivity index (χ1v) is 10.7. The highest BCUT2D eigenvalue weighted by molar-refractivity contribution is 5.73. The summed E-state index contributed by atoms with van der Waals surface area (Å²) in [5.74, 6) is 0.498. The van der Waals surface area contributed by atoms with Gasteiger partial charge >= 0.3 is 12.0 Å². The van der Waals surface area contributed by atoms with Crippen molar-refractivity contribution in [3.63, 3.8) is 0 Å². The summed E-state index contributed by atoms with van der Waals surface area (Å²) < 4.78 is 10.2. The van der Waals surface area contributed by atoms with Crippen LogP contribution in [0.15, 0.2) is 24.3 Å². The fourth-order valence-corrected chi connectivity index (χ4v) is 2.88. The van der Waals surface area contributed by atoms with Crippen LogP contribution in [0, 0.1) is 0 Å². The Hall–Kier alpha value is -3.07. The average Bonchev–Trinajstić information content (AvgIpc) is 2.76. The molecule has 1 aromatic carbocycles. The van der Waals surface area contributed by atoms with Crippen LogP contribution in [0.2, 0.25) is 0 Å². The first kappa shape index (κ1) is 24.2. The maximum atomic E-state index is 11.4. The smallest absolute Gasteiger partial charge is 0.320 e. The summed E-state index contributed by atoms with van der Waals surface area (Å²) in [6.45, 7) is 4.97. The van der Waals surface area contributed by atoms with Crippen molar-refractivity contribution in [2.24, 2.45) is 0 Å². The topological polar surface area (TPSA) is 137 Å². The number of hydrogen-bond acceptors (Lipinski definition) is 9. The molecule has 0 spiro atoms. The first-order chi connectivity index (χ1) is 15.0. The zero-order chi connectivity index (χ0) is 22.5. The van der Waals surface area contributed by atoms with Gasteiger partial charge in [0.15, 0.2) is 11.6 Å². The number of rotatable bonds is 14. The number of nitrogens with one attached hydrogen (secondary N) is 2. The number of ether oxygens (including phenoxy) is 2. The number of unbranched alkanes of at least 4 members (excludes halogenated alkanes) is 2. The second kappa shape index (κ2) is 13.3. The van der Waals surface area contributed by atoms with Gasteiger partial charge in [-0.25, -0.2) is 0 Å². The van der Waals surface area contributed by atoms with E-state index in [9.17, 15) is 4.79 Å². The normalized spacial score (nSPS) is 10.6. The van der Waals surface area contributed by atoms with E-state index in [1.807, 2.05) is 24.3 Å². The molecule has 2 aromatic rings. The van der Waals surface area contributed by atoms with Crippen molar-refractivity contribution in [1.29, 1.82) is 0 Å². The molecule has 0 bridgehead atoms. The number of carbonyl (C=O) groups is 1. The number of hydrogen-bond donors (Lipinski definition) is 4. The molecule has 170 valence electrons. The van der Waals surface area contributed by atoms with Crippen LogP contribution in [0.4, 0.5) is 17.3 Å². The molecule has 9 nitrogen and oxygen atoms in total. The van der Waals surface area contributed by atoms with E-state index in [0.717, 1.165) is 49.9 Å². The van der Waals surface area contributed by atoms with Crippen molar-refractivity contribution in [3.8, 4) is 6.01 Å². The Kier molecular flexibility index (Phi) is 10.4. The van der Waals surface area contributed by atoms with Crippen molar-refractivity contribution in [2.75, 3.05) is 43.6 Å². The summed E-state index contributed by atoms with van der Waals surface area (Å²) in [5, 5.41) is 6.64. The molecule has 0 saturated heterocycles. The van der Waals surface area contributed by atoms with E-state index in [4.69, 9.17) is 20.9 Å². The van der Waals surface area contributed by atoms with Crippen molar-refractivity contribution < 1.29 is 14.3 Å². The van der Waals surface area contributed by atoms with Gasteiger partial charge in [0, 0.05) is 13.1 Å². The number of nitrogen functional groups attached to an aromatic ring is 2. The SMILES string of the molecule is CCCCOc1nc(N)c(N)c(NCCCCNCc2cccc(CC(=O)OC)c2)n1. The van der Waals surface area contributed by atoms with E-state index in [-0.39, 0.29) is 24.2 Å². The molecule has 9 heteroatoms. The van der Waals surface area contributed by atoms with Crippen LogP contribution in [0.25, 0.3) is 0 Å². The first-order valence-electron chi connectivity index (χ1n) is 10.7. The van der Waals surface area contributed by atoms with Crippen LogP contribution >= 0.6 is 0 Å². The van der Waals surface area contributed by atoms with Crippen LogP contribution in [0.1, 0.15) is 43.7 Å². The molecule has 0 amide bonds. The Bertz CT molecular complexity index is 831. The Morgan fingerprint density at radius 2 is 1.87 bits per heavy atom. The lowest BCUT2D eigenvalue weighted by Gasteiger charge is -2.12. The minimum absolute atomic E-state index is 0.222. The van der Waals surface area contributed by atoms with Gasteiger partial charge in [-0.1, -0.05) is 37.6 Å².